The summed E-state index contributed by atoms with van der Waals surface area (Å²) in [5, 5.41) is 23.0. The molecule has 23 heteroatoms. The number of nitrogens with one attached hydrogen (secondary N) is 5. The van der Waals surface area contributed by atoms with E-state index in [0.29, 0.717) is 61.0 Å². The molecule has 2 aromatic carbocycles. The van der Waals surface area contributed by atoms with Gasteiger partial charge < -0.3 is 56.2 Å². The predicted molar refractivity (Wildman–Crippen MR) is 291 cm³/mol. The SMILES string of the molecule is CC.CC.Cc1c(F)cc2c3c1CCCC3=C1Cn3c(cc4c(c3=O)COC(=O)C4O)C1N2.Cc1ccccc1.NC(=O)C1CC(OCNC(=O)CNC(=O)CNC(=O)COC(=O)CNC(=O)CCCCCN2C(=O)C=CC2=O)C1. The summed E-state index contributed by atoms with van der Waals surface area (Å²) in [6.45, 7) is 10.5. The number of aliphatic hydroxyl groups is 1. The Morgan fingerprint density at radius 3 is 2.11 bits per heavy atom. The van der Waals surface area contributed by atoms with Crippen molar-refractivity contribution >= 4 is 64.5 Å². The number of pyridine rings is 1. The second-order valence-corrected chi connectivity index (χ2v) is 18.9. The smallest absolute Gasteiger partial charge is 0.340 e. The number of allylic oxidation sites excluding steroid dienone is 1. The molecule has 7 amide bonds. The largest absolute Gasteiger partial charge is 0.458 e. The van der Waals surface area contributed by atoms with Gasteiger partial charge in [-0.05, 0) is 93.2 Å². The molecule has 9 rings (SSSR count). The monoisotopic (exact) mass is 1110 g/mol. The minimum atomic E-state index is -1.45. The summed E-state index contributed by atoms with van der Waals surface area (Å²) in [6.07, 6.45) is 6.27. The van der Waals surface area contributed by atoms with E-state index < -0.39 is 61.4 Å². The molecule has 2 unspecified atom stereocenters. The molecule has 22 nitrogen and oxygen atoms in total. The molecular weight excluding hydrogens is 1040 g/mol. The number of rotatable bonds is 18. The van der Waals surface area contributed by atoms with Gasteiger partial charge in [-0.1, -0.05) is 70.0 Å². The Labute approximate surface area is 463 Å². The van der Waals surface area contributed by atoms with Gasteiger partial charge in [0, 0.05) is 60.1 Å². The van der Waals surface area contributed by atoms with Crippen LogP contribution in [-0.4, -0.2) is 113 Å². The van der Waals surface area contributed by atoms with Gasteiger partial charge in [-0.3, -0.25) is 48.1 Å². The summed E-state index contributed by atoms with van der Waals surface area (Å²) in [7, 11) is 0. The molecule has 4 aliphatic heterocycles. The van der Waals surface area contributed by atoms with E-state index in [9.17, 15) is 57.4 Å². The van der Waals surface area contributed by atoms with Crippen LogP contribution in [0.2, 0.25) is 0 Å². The van der Waals surface area contributed by atoms with Crippen LogP contribution >= 0.6 is 0 Å². The van der Waals surface area contributed by atoms with Gasteiger partial charge in [-0.25, -0.2) is 9.18 Å². The molecule has 1 aromatic heterocycles. The number of halogens is 1. The summed E-state index contributed by atoms with van der Waals surface area (Å²) in [5.74, 6) is -5.44. The van der Waals surface area contributed by atoms with E-state index in [0.717, 1.165) is 46.5 Å². The number of aryl methyl sites for hydroxylation is 1. The number of carbonyl (C=O) groups excluding carboxylic acids is 9. The summed E-state index contributed by atoms with van der Waals surface area (Å²) in [4.78, 5) is 119. The molecule has 0 bridgehead atoms. The van der Waals surface area contributed by atoms with Gasteiger partial charge >= 0.3 is 11.9 Å². The molecular formula is C57H73FN8O14. The molecule has 2 aliphatic carbocycles. The first-order valence-corrected chi connectivity index (χ1v) is 27.0. The molecule has 0 radical (unpaired) electrons. The Bertz CT molecular complexity index is 2900. The molecule has 1 saturated carbocycles. The molecule has 3 aromatic rings. The fraction of sp³-hybridized carbons (Fsp3) is 0.474. The van der Waals surface area contributed by atoms with E-state index in [2.05, 4.69) is 45.6 Å². The number of cyclic esters (lactones) is 1. The van der Waals surface area contributed by atoms with Crippen molar-refractivity contribution in [3.05, 3.63) is 115 Å². The fourth-order valence-corrected chi connectivity index (χ4v) is 9.44. The van der Waals surface area contributed by atoms with Crippen LogP contribution < -0.4 is 37.9 Å². The highest BCUT2D eigenvalue weighted by Gasteiger charge is 2.41. The molecule has 0 spiro atoms. The van der Waals surface area contributed by atoms with Gasteiger partial charge in [-0.15, -0.1) is 0 Å². The van der Waals surface area contributed by atoms with E-state index in [1.165, 1.54) is 23.3 Å². The topological polar surface area (TPSA) is 313 Å². The number of esters is 2. The van der Waals surface area contributed by atoms with Crippen LogP contribution in [-0.2, 0) is 76.9 Å². The van der Waals surface area contributed by atoms with E-state index in [-0.39, 0.29) is 80.0 Å². The first kappa shape index (κ1) is 62.8. The van der Waals surface area contributed by atoms with Crippen molar-refractivity contribution in [3.8, 4) is 0 Å². The molecule has 432 valence electrons. The lowest BCUT2D eigenvalue weighted by Crippen LogP contribution is -2.44. The van der Waals surface area contributed by atoms with Crippen LogP contribution in [0.25, 0.3) is 5.57 Å². The average Bonchev–Trinajstić information content (AvgIpc) is 4.17. The van der Waals surface area contributed by atoms with E-state index >= 15 is 0 Å². The van der Waals surface area contributed by atoms with Crippen LogP contribution in [0.5, 0.6) is 0 Å². The molecule has 0 saturated heterocycles. The maximum absolute atomic E-state index is 14.5. The second-order valence-electron chi connectivity index (χ2n) is 18.9. The molecule has 80 heavy (non-hydrogen) atoms. The standard InChI is InChI=1S/C24H34N6O10.C22H19FN2O4.C7H8.2C2H6/c25-24(38)15-8-16(9-15)40-14-29-19(33)11-26-18(32)10-27-20(34)13-39-23(37)12-28-17(31)4-2-1-3-7-30-21(35)5-6-22(30)36;1-9-10-3-2-4-11-13-7-25-17(19(13)24-16(18(10)11)6-15(9)23)5-12-14(21(25)27)8-29-22(28)20(12)26;1-7-5-3-2-4-6-7;2*1-2/h5-6,15-16H,1-4,7-14H2,(H2,25,38)(H,26,32)(H,27,34)(H,28,31)(H,29,33);5-6,19-20,24,26H,2-4,7-8H2,1H3;2-6H,1H3;2*1-2H3. The van der Waals surface area contributed by atoms with Crippen LogP contribution in [0.3, 0.4) is 0 Å². The second kappa shape index (κ2) is 30.4. The maximum atomic E-state index is 14.5. The Morgan fingerprint density at radius 1 is 0.812 bits per heavy atom. The third-order valence-electron chi connectivity index (χ3n) is 13.7. The lowest BCUT2D eigenvalue weighted by Gasteiger charge is -2.33. The van der Waals surface area contributed by atoms with E-state index in [4.69, 9.17) is 19.9 Å². The van der Waals surface area contributed by atoms with Gasteiger partial charge in [0.15, 0.2) is 12.7 Å². The number of aromatic nitrogens is 1. The van der Waals surface area contributed by atoms with Crippen LogP contribution in [0.1, 0.15) is 130 Å². The van der Waals surface area contributed by atoms with Crippen LogP contribution in [0, 0.1) is 25.6 Å². The zero-order valence-electron chi connectivity index (χ0n) is 46.1. The summed E-state index contributed by atoms with van der Waals surface area (Å²) in [5.41, 5.74) is 13.5. The third kappa shape index (κ3) is 16.5. The number of primary amides is 1. The Hall–Kier alpha value is -8.05. The number of unbranched alkanes of at least 4 members (excludes halogenated alkanes) is 2. The van der Waals surface area contributed by atoms with Crippen molar-refractivity contribution in [2.24, 2.45) is 11.7 Å². The summed E-state index contributed by atoms with van der Waals surface area (Å²) < 4.78 is 31.2. The minimum absolute atomic E-state index is 0.0866. The van der Waals surface area contributed by atoms with Crippen molar-refractivity contribution in [3.63, 3.8) is 0 Å². The lowest BCUT2D eigenvalue weighted by atomic mass is 9.78. The normalized spacial score (nSPS) is 18.2. The van der Waals surface area contributed by atoms with E-state index in [1.54, 1.807) is 16.7 Å². The number of anilines is 1. The van der Waals surface area contributed by atoms with Gasteiger partial charge in [0.05, 0.1) is 30.8 Å². The molecule has 6 aliphatic rings. The number of carbonyl (C=O) groups is 9. The highest BCUT2D eigenvalue weighted by Crippen LogP contribution is 2.50. The summed E-state index contributed by atoms with van der Waals surface area (Å²) in [6, 6.07) is 13.3. The Balaban J connectivity index is 0.000000254. The van der Waals surface area contributed by atoms with Gasteiger partial charge in [0.1, 0.15) is 25.7 Å². The van der Waals surface area contributed by atoms with E-state index in [1.807, 2.05) is 52.8 Å². The highest BCUT2D eigenvalue weighted by atomic mass is 19.1. The van der Waals surface area contributed by atoms with Gasteiger partial charge in [0.2, 0.25) is 23.6 Å². The number of hydrogen-bond donors (Lipinski definition) is 7. The molecule has 1 fully saturated rings. The number of fused-ring (bicyclic) bond motifs is 4. The number of amides is 7. The van der Waals surface area contributed by atoms with Crippen molar-refractivity contribution in [1.82, 2.24) is 30.7 Å². The number of nitrogens with zero attached hydrogens (tertiary/aromatic N) is 2. The van der Waals surface area contributed by atoms with Crippen LogP contribution in [0.15, 0.2) is 65.0 Å². The van der Waals surface area contributed by atoms with Gasteiger partial charge in [-0.2, -0.15) is 0 Å². The first-order chi connectivity index (χ1) is 38.4. The molecule has 5 heterocycles. The zero-order valence-corrected chi connectivity index (χ0v) is 46.1. The fourth-order valence-electron chi connectivity index (χ4n) is 9.44. The minimum Gasteiger partial charge on any atom is -0.458 e. The van der Waals surface area contributed by atoms with Crippen molar-refractivity contribution < 1.29 is 66.9 Å². The third-order valence-corrected chi connectivity index (χ3v) is 13.7. The predicted octanol–water partition coefficient (Wildman–Crippen LogP) is 3.42. The highest BCUT2D eigenvalue weighted by molar-refractivity contribution is 6.12. The van der Waals surface area contributed by atoms with Crippen molar-refractivity contribution in [2.45, 2.75) is 131 Å². The maximum Gasteiger partial charge on any atom is 0.340 e. The number of nitrogens with two attached hydrogens (primary N) is 1. The van der Waals surface area contributed by atoms with Gasteiger partial charge in [0.25, 0.3) is 23.3 Å². The van der Waals surface area contributed by atoms with Crippen LogP contribution in [0.4, 0.5) is 10.1 Å². The zero-order chi connectivity index (χ0) is 58.6. The number of aliphatic hydroxyl groups excluding tert-OH is 1. The first-order valence-electron chi connectivity index (χ1n) is 27.0. The Kier molecular flexibility index (Phi) is 23.8. The summed E-state index contributed by atoms with van der Waals surface area (Å²) >= 11 is 0. The number of hydrogen-bond acceptors (Lipinski definition) is 15. The quantitative estimate of drug-likeness (QED) is 0.0416. The molecule has 8 N–H and O–H groups in total. The number of imide groups is 1. The average molecular weight is 1110 g/mol. The lowest BCUT2D eigenvalue weighted by molar-refractivity contribution is -0.157. The van der Waals surface area contributed by atoms with Crippen molar-refractivity contribution in [2.75, 3.05) is 44.8 Å². The van der Waals surface area contributed by atoms with Crippen molar-refractivity contribution in [1.29, 1.82) is 0 Å². The Morgan fingerprint density at radius 2 is 1.46 bits per heavy atom. The number of benzene rings is 2. The molecule has 2 atom stereocenters. The number of ether oxygens (including phenoxy) is 3.